The normalized spacial score (nSPS) is 16.7. The zero-order chi connectivity index (χ0) is 24.1. The van der Waals surface area contributed by atoms with Crippen LogP contribution in [-0.4, -0.2) is 60.9 Å². The molecule has 2 atom stereocenters. The van der Waals surface area contributed by atoms with Crippen molar-refractivity contribution in [3.8, 4) is 0 Å². The molecule has 1 fully saturated rings. The molecule has 0 aromatic heterocycles. The Bertz CT molecular complexity index is 784. The van der Waals surface area contributed by atoms with Crippen molar-refractivity contribution in [2.45, 2.75) is 69.0 Å². The Hall–Kier alpha value is -2.55. The molecule has 0 bridgehead atoms. The van der Waals surface area contributed by atoms with Crippen LogP contribution in [0.5, 0.6) is 0 Å². The van der Waals surface area contributed by atoms with Crippen molar-refractivity contribution in [3.05, 3.63) is 35.9 Å². The number of carbonyl (C=O) groups is 4. The van der Waals surface area contributed by atoms with Crippen molar-refractivity contribution in [2.24, 2.45) is 0 Å². The van der Waals surface area contributed by atoms with Crippen LogP contribution >= 0.6 is 11.8 Å². The molecule has 1 aromatic carbocycles. The van der Waals surface area contributed by atoms with Gasteiger partial charge in [-0.15, -0.1) is 0 Å². The van der Waals surface area contributed by atoms with E-state index < -0.39 is 23.6 Å². The van der Waals surface area contributed by atoms with Gasteiger partial charge in [0.2, 0.25) is 18.2 Å². The summed E-state index contributed by atoms with van der Waals surface area (Å²) in [5.41, 5.74) is 0.208. The zero-order valence-electron chi connectivity index (χ0n) is 19.4. The van der Waals surface area contributed by atoms with Crippen molar-refractivity contribution in [1.82, 2.24) is 16.0 Å². The maximum atomic E-state index is 13.0. The highest BCUT2D eigenvalue weighted by Gasteiger charge is 2.38. The predicted molar refractivity (Wildman–Crippen MR) is 129 cm³/mol. The summed E-state index contributed by atoms with van der Waals surface area (Å²) in [6, 6.07) is 7.96. The minimum absolute atomic E-state index is 0.0668. The molecule has 3 N–H and O–H groups in total. The molecular formula is C24H35N3O5S. The molecule has 0 heterocycles. The topological polar surface area (TPSA) is 114 Å². The molecule has 0 saturated heterocycles. The van der Waals surface area contributed by atoms with Gasteiger partial charge in [0.25, 0.3) is 0 Å². The Morgan fingerprint density at radius 2 is 1.82 bits per heavy atom. The van der Waals surface area contributed by atoms with Crippen LogP contribution < -0.4 is 16.0 Å². The quantitative estimate of drug-likeness (QED) is 0.296. The number of thioether (sulfide) groups is 1. The van der Waals surface area contributed by atoms with E-state index in [4.69, 9.17) is 4.74 Å². The van der Waals surface area contributed by atoms with E-state index in [0.717, 1.165) is 30.6 Å². The average molecular weight is 478 g/mol. The highest BCUT2D eigenvalue weighted by molar-refractivity contribution is 7.98. The molecule has 182 valence electrons. The molecule has 2 rings (SSSR count). The van der Waals surface area contributed by atoms with Gasteiger partial charge < -0.3 is 20.7 Å². The third kappa shape index (κ3) is 8.72. The minimum atomic E-state index is -0.813. The van der Waals surface area contributed by atoms with E-state index in [1.54, 1.807) is 11.8 Å². The maximum Gasteiger partial charge on any atom is 0.328 e. The summed E-state index contributed by atoms with van der Waals surface area (Å²) in [5, 5.41) is 8.48. The van der Waals surface area contributed by atoms with Gasteiger partial charge in [-0.1, -0.05) is 49.6 Å². The molecular weight excluding hydrogens is 442 g/mol. The van der Waals surface area contributed by atoms with Gasteiger partial charge in [-0.2, -0.15) is 11.8 Å². The first-order valence-electron chi connectivity index (χ1n) is 11.3. The summed E-state index contributed by atoms with van der Waals surface area (Å²) in [6.45, 7) is 0. The van der Waals surface area contributed by atoms with E-state index in [2.05, 4.69) is 16.0 Å². The molecule has 0 aliphatic heterocycles. The Balaban J connectivity index is 2.10. The van der Waals surface area contributed by atoms with E-state index >= 15 is 0 Å². The predicted octanol–water partition coefficient (Wildman–Crippen LogP) is 1.96. The zero-order valence-corrected chi connectivity index (χ0v) is 20.2. The second-order valence-electron chi connectivity index (χ2n) is 8.46. The fourth-order valence-corrected chi connectivity index (χ4v) is 4.74. The highest BCUT2D eigenvalue weighted by Crippen LogP contribution is 2.31. The van der Waals surface area contributed by atoms with Crippen LogP contribution in [0.4, 0.5) is 0 Å². The lowest BCUT2D eigenvalue weighted by Crippen LogP contribution is -2.58. The van der Waals surface area contributed by atoms with Crippen LogP contribution in [0.15, 0.2) is 30.3 Å². The highest BCUT2D eigenvalue weighted by atomic mass is 32.2. The molecule has 1 aliphatic rings. The Morgan fingerprint density at radius 1 is 1.12 bits per heavy atom. The SMILES string of the molecule is COC(=O)[C@H](Cc1ccccc1)NC(=O)CC1(NC(=O)[C@H](CCSC)NC=O)CCCCC1. The number of hydrogen-bond donors (Lipinski definition) is 3. The monoisotopic (exact) mass is 477 g/mol. The number of carbonyl (C=O) groups excluding carboxylic acids is 4. The fraction of sp³-hybridized carbons (Fsp3) is 0.583. The van der Waals surface area contributed by atoms with Gasteiger partial charge in [-0.05, 0) is 36.8 Å². The molecule has 8 nitrogen and oxygen atoms in total. The molecule has 1 aliphatic carbocycles. The van der Waals surface area contributed by atoms with E-state index in [1.165, 1.54) is 7.11 Å². The average Bonchev–Trinajstić information content (AvgIpc) is 2.81. The van der Waals surface area contributed by atoms with Gasteiger partial charge in [0.15, 0.2) is 0 Å². The number of methoxy groups -OCH3 is 1. The van der Waals surface area contributed by atoms with Crippen molar-refractivity contribution in [2.75, 3.05) is 19.1 Å². The van der Waals surface area contributed by atoms with Gasteiger partial charge >= 0.3 is 5.97 Å². The summed E-state index contributed by atoms with van der Waals surface area (Å²) < 4.78 is 4.89. The van der Waals surface area contributed by atoms with Crippen LogP contribution in [0.25, 0.3) is 0 Å². The number of esters is 1. The molecule has 1 saturated carbocycles. The van der Waals surface area contributed by atoms with E-state index in [-0.39, 0.29) is 18.2 Å². The van der Waals surface area contributed by atoms with Crippen LogP contribution in [0, 0.1) is 0 Å². The van der Waals surface area contributed by atoms with Gasteiger partial charge in [0.05, 0.1) is 7.11 Å². The molecule has 1 aromatic rings. The standard InChI is InChI=1S/C24H35N3O5S/c1-32-23(31)20(15-18-9-5-3-6-10-18)26-21(29)16-24(12-7-4-8-13-24)27-22(30)19(25-17-28)11-14-33-2/h3,5-6,9-10,17,19-20H,4,7-8,11-16H2,1-2H3,(H,25,28)(H,26,29)(H,27,30)/t19-,20-/m0/s1. The van der Waals surface area contributed by atoms with E-state index in [1.807, 2.05) is 36.6 Å². The van der Waals surface area contributed by atoms with Crippen molar-refractivity contribution in [1.29, 1.82) is 0 Å². The minimum Gasteiger partial charge on any atom is -0.467 e. The number of ether oxygens (including phenoxy) is 1. The summed E-state index contributed by atoms with van der Waals surface area (Å²) >= 11 is 1.60. The van der Waals surface area contributed by atoms with Crippen LogP contribution in [0.1, 0.15) is 50.5 Å². The number of benzene rings is 1. The van der Waals surface area contributed by atoms with Gasteiger partial charge in [0, 0.05) is 18.4 Å². The lowest BCUT2D eigenvalue weighted by molar-refractivity contribution is -0.145. The molecule has 33 heavy (non-hydrogen) atoms. The number of rotatable bonds is 13. The van der Waals surface area contributed by atoms with Crippen LogP contribution in [0.2, 0.25) is 0 Å². The fourth-order valence-electron chi connectivity index (χ4n) is 4.27. The van der Waals surface area contributed by atoms with Crippen molar-refractivity contribution < 1.29 is 23.9 Å². The Morgan fingerprint density at radius 3 is 2.42 bits per heavy atom. The molecule has 0 spiro atoms. The summed E-state index contributed by atoms with van der Waals surface area (Å²) in [7, 11) is 1.30. The summed E-state index contributed by atoms with van der Waals surface area (Å²) in [4.78, 5) is 49.3. The van der Waals surface area contributed by atoms with Crippen molar-refractivity contribution >= 4 is 36.0 Å². The van der Waals surface area contributed by atoms with Crippen LogP contribution in [0.3, 0.4) is 0 Å². The van der Waals surface area contributed by atoms with E-state index in [0.29, 0.717) is 32.1 Å². The number of nitrogens with one attached hydrogen (secondary N) is 3. The third-order valence-corrected chi connectivity index (χ3v) is 6.64. The Kier molecular flexibility index (Phi) is 11.2. The molecule has 9 heteroatoms. The number of amides is 3. The second kappa shape index (κ2) is 13.9. The van der Waals surface area contributed by atoms with Crippen molar-refractivity contribution in [3.63, 3.8) is 0 Å². The van der Waals surface area contributed by atoms with E-state index in [9.17, 15) is 19.2 Å². The third-order valence-electron chi connectivity index (χ3n) is 6.00. The summed E-state index contributed by atoms with van der Waals surface area (Å²) in [5.74, 6) is -0.374. The number of hydrogen-bond acceptors (Lipinski definition) is 6. The molecule has 0 radical (unpaired) electrons. The summed E-state index contributed by atoms with van der Waals surface area (Å²) in [6.07, 6.45) is 7.55. The maximum absolute atomic E-state index is 13.0. The lowest BCUT2D eigenvalue weighted by Gasteiger charge is -2.39. The molecule has 3 amide bonds. The first-order chi connectivity index (χ1) is 15.9. The molecule has 0 unspecified atom stereocenters. The smallest absolute Gasteiger partial charge is 0.328 e. The first-order valence-corrected chi connectivity index (χ1v) is 12.7. The largest absolute Gasteiger partial charge is 0.467 e. The van der Waals surface area contributed by atoms with Gasteiger partial charge in [-0.25, -0.2) is 4.79 Å². The Labute approximate surface area is 200 Å². The second-order valence-corrected chi connectivity index (χ2v) is 9.44. The first kappa shape index (κ1) is 26.7. The van der Waals surface area contributed by atoms with Gasteiger partial charge in [-0.3, -0.25) is 14.4 Å². The lowest BCUT2D eigenvalue weighted by atomic mass is 9.78. The van der Waals surface area contributed by atoms with Gasteiger partial charge in [0.1, 0.15) is 12.1 Å². The van der Waals surface area contributed by atoms with Crippen LogP contribution in [-0.2, 0) is 30.3 Å².